The molecule has 0 saturated carbocycles. The number of carbonyl (C=O) groups is 2. The number of pyridine rings is 1. The summed E-state index contributed by atoms with van der Waals surface area (Å²) in [5.74, 6) is -1.26. The fraction of sp³-hybridized carbons (Fsp3) is 0.357. The maximum atomic E-state index is 12.0. The molecule has 0 saturated heterocycles. The van der Waals surface area contributed by atoms with E-state index in [2.05, 4.69) is 4.98 Å². The molecule has 0 bridgehead atoms. The first kappa shape index (κ1) is 14.0. The molecule has 6 nitrogen and oxygen atoms in total. The summed E-state index contributed by atoms with van der Waals surface area (Å²) in [4.78, 5) is 28.3. The number of aryl methyl sites for hydroxylation is 2. The number of carboxylic acid groups (broad SMARTS) is 1. The van der Waals surface area contributed by atoms with Crippen LogP contribution in [0.2, 0.25) is 0 Å². The van der Waals surface area contributed by atoms with Gasteiger partial charge in [0.05, 0.1) is 17.8 Å². The van der Waals surface area contributed by atoms with Crippen molar-refractivity contribution in [1.82, 2.24) is 14.3 Å². The van der Waals surface area contributed by atoms with Crippen LogP contribution in [0.25, 0.3) is 5.65 Å². The molecule has 6 heteroatoms. The average molecular weight is 275 g/mol. The van der Waals surface area contributed by atoms with Crippen LogP contribution in [0.1, 0.15) is 17.0 Å². The van der Waals surface area contributed by atoms with Gasteiger partial charge in [0, 0.05) is 13.2 Å². The zero-order valence-electron chi connectivity index (χ0n) is 11.8. The van der Waals surface area contributed by atoms with E-state index in [9.17, 15) is 9.59 Å². The molecule has 0 fully saturated rings. The summed E-state index contributed by atoms with van der Waals surface area (Å²) in [5, 5.41) is 8.71. The summed E-state index contributed by atoms with van der Waals surface area (Å²) in [6.45, 7) is 3.52. The fourth-order valence-electron chi connectivity index (χ4n) is 2.15. The van der Waals surface area contributed by atoms with Crippen LogP contribution in [0.3, 0.4) is 0 Å². The molecule has 1 amide bonds. The van der Waals surface area contributed by atoms with Gasteiger partial charge in [-0.2, -0.15) is 0 Å². The van der Waals surface area contributed by atoms with Crippen molar-refractivity contribution in [2.75, 3.05) is 13.6 Å². The molecule has 0 atom stereocenters. The van der Waals surface area contributed by atoms with Crippen molar-refractivity contribution >= 4 is 17.5 Å². The van der Waals surface area contributed by atoms with Crippen LogP contribution in [0.15, 0.2) is 18.3 Å². The lowest BCUT2D eigenvalue weighted by atomic mass is 10.2. The Labute approximate surface area is 116 Å². The molecule has 20 heavy (non-hydrogen) atoms. The minimum absolute atomic E-state index is 0.139. The number of carbonyl (C=O) groups excluding carboxylic acids is 1. The largest absolute Gasteiger partial charge is 0.480 e. The molecule has 0 spiro atoms. The maximum absolute atomic E-state index is 12.0. The van der Waals surface area contributed by atoms with Crippen LogP contribution in [-0.2, 0) is 16.0 Å². The molecule has 0 aromatic carbocycles. The molecule has 0 aliphatic rings. The molecule has 0 aliphatic heterocycles. The zero-order valence-corrected chi connectivity index (χ0v) is 11.8. The van der Waals surface area contributed by atoms with E-state index in [4.69, 9.17) is 5.11 Å². The normalized spacial score (nSPS) is 10.8. The number of likely N-dealkylation sites (N-methyl/N-ethyl adjacent to an activating group) is 1. The fourth-order valence-corrected chi connectivity index (χ4v) is 2.15. The summed E-state index contributed by atoms with van der Waals surface area (Å²) < 4.78 is 1.89. The van der Waals surface area contributed by atoms with Gasteiger partial charge in [0.25, 0.3) is 0 Å². The number of hydrogen-bond donors (Lipinski definition) is 1. The molecule has 1 N–H and O–H groups in total. The molecule has 2 heterocycles. The number of aliphatic carboxylic acids is 1. The summed E-state index contributed by atoms with van der Waals surface area (Å²) in [5.41, 5.74) is 3.45. The predicted molar refractivity (Wildman–Crippen MR) is 73.6 cm³/mol. The van der Waals surface area contributed by atoms with E-state index in [1.54, 1.807) is 0 Å². The highest BCUT2D eigenvalue weighted by molar-refractivity contribution is 5.82. The van der Waals surface area contributed by atoms with Gasteiger partial charge in [-0.15, -0.1) is 0 Å². The smallest absolute Gasteiger partial charge is 0.323 e. The second-order valence-corrected chi connectivity index (χ2v) is 4.85. The topological polar surface area (TPSA) is 74.9 Å². The van der Waals surface area contributed by atoms with E-state index in [1.165, 1.54) is 11.9 Å². The second-order valence-electron chi connectivity index (χ2n) is 4.85. The third-order valence-electron chi connectivity index (χ3n) is 3.26. The Kier molecular flexibility index (Phi) is 3.74. The van der Waals surface area contributed by atoms with Crippen molar-refractivity contribution in [1.29, 1.82) is 0 Å². The van der Waals surface area contributed by atoms with Crippen molar-refractivity contribution in [3.8, 4) is 0 Å². The lowest BCUT2D eigenvalue weighted by Crippen LogP contribution is -2.33. The van der Waals surface area contributed by atoms with Gasteiger partial charge in [0.1, 0.15) is 12.2 Å². The minimum atomic E-state index is -1.02. The van der Waals surface area contributed by atoms with Crippen LogP contribution in [-0.4, -0.2) is 44.9 Å². The third-order valence-corrected chi connectivity index (χ3v) is 3.26. The summed E-state index contributed by atoms with van der Waals surface area (Å²) >= 11 is 0. The van der Waals surface area contributed by atoms with E-state index in [-0.39, 0.29) is 18.9 Å². The van der Waals surface area contributed by atoms with Crippen molar-refractivity contribution in [3.63, 3.8) is 0 Å². The van der Waals surface area contributed by atoms with Crippen LogP contribution in [0.4, 0.5) is 0 Å². The van der Waals surface area contributed by atoms with E-state index >= 15 is 0 Å². The molecule has 0 unspecified atom stereocenters. The van der Waals surface area contributed by atoms with Crippen LogP contribution in [0, 0.1) is 13.8 Å². The number of fused-ring (bicyclic) bond motifs is 1. The van der Waals surface area contributed by atoms with Gasteiger partial charge < -0.3 is 14.4 Å². The van der Waals surface area contributed by atoms with Crippen molar-refractivity contribution < 1.29 is 14.7 Å². The quantitative estimate of drug-likeness (QED) is 0.904. The molecular formula is C14H17N3O3. The molecule has 2 aromatic rings. The van der Waals surface area contributed by atoms with Gasteiger partial charge >= 0.3 is 5.97 Å². The Morgan fingerprint density at radius 3 is 2.75 bits per heavy atom. The Morgan fingerprint density at radius 1 is 1.40 bits per heavy atom. The first-order chi connectivity index (χ1) is 9.40. The number of imidazole rings is 1. The first-order valence-electron chi connectivity index (χ1n) is 6.29. The lowest BCUT2D eigenvalue weighted by molar-refractivity contribution is -0.143. The number of rotatable bonds is 4. The Morgan fingerprint density at radius 2 is 2.10 bits per heavy atom. The van der Waals surface area contributed by atoms with Gasteiger partial charge in [-0.3, -0.25) is 9.59 Å². The molecule has 2 aromatic heterocycles. The Balaban J connectivity index is 2.30. The number of aromatic nitrogens is 2. The van der Waals surface area contributed by atoms with Gasteiger partial charge in [-0.1, -0.05) is 6.07 Å². The molecule has 106 valence electrons. The van der Waals surface area contributed by atoms with E-state index < -0.39 is 5.97 Å². The van der Waals surface area contributed by atoms with Gasteiger partial charge in [0.2, 0.25) is 5.91 Å². The second kappa shape index (κ2) is 5.32. The molecule has 0 radical (unpaired) electrons. The zero-order chi connectivity index (χ0) is 14.9. The Bertz CT molecular complexity index is 676. The average Bonchev–Trinajstić information content (AvgIpc) is 2.67. The van der Waals surface area contributed by atoms with Crippen molar-refractivity contribution in [3.05, 3.63) is 35.3 Å². The summed E-state index contributed by atoms with van der Waals surface area (Å²) in [6, 6.07) is 3.86. The number of hydrogen-bond acceptors (Lipinski definition) is 3. The van der Waals surface area contributed by atoms with Crippen LogP contribution >= 0.6 is 0 Å². The molecular weight excluding hydrogens is 258 g/mol. The van der Waals surface area contributed by atoms with Crippen LogP contribution < -0.4 is 0 Å². The van der Waals surface area contributed by atoms with Crippen molar-refractivity contribution in [2.24, 2.45) is 0 Å². The molecule has 2 rings (SSSR count). The maximum Gasteiger partial charge on any atom is 0.323 e. The number of carboxylic acids is 1. The standard InChI is InChI=1S/C14H17N3O3/c1-9-5-4-6-17-11(10(2)15-14(9)17)7-12(18)16(3)8-13(19)20/h4-6H,7-8H2,1-3H3,(H,19,20). The SMILES string of the molecule is Cc1nc2c(C)cccn2c1CC(=O)N(C)CC(=O)O. The highest BCUT2D eigenvalue weighted by Gasteiger charge is 2.17. The molecule has 0 aliphatic carbocycles. The van der Waals surface area contributed by atoms with Gasteiger partial charge in [-0.25, -0.2) is 4.98 Å². The predicted octanol–water partition coefficient (Wildman–Crippen LogP) is 1.04. The third kappa shape index (κ3) is 2.64. The van der Waals surface area contributed by atoms with Crippen LogP contribution in [0.5, 0.6) is 0 Å². The first-order valence-corrected chi connectivity index (χ1v) is 6.29. The summed E-state index contributed by atoms with van der Waals surface area (Å²) in [7, 11) is 1.49. The number of nitrogens with zero attached hydrogens (tertiary/aromatic N) is 3. The Hall–Kier alpha value is -2.37. The monoisotopic (exact) mass is 275 g/mol. The van der Waals surface area contributed by atoms with E-state index in [1.807, 2.05) is 36.6 Å². The van der Waals surface area contributed by atoms with Gasteiger partial charge in [0.15, 0.2) is 0 Å². The highest BCUT2D eigenvalue weighted by atomic mass is 16.4. The minimum Gasteiger partial charge on any atom is -0.480 e. The lowest BCUT2D eigenvalue weighted by Gasteiger charge is -2.14. The highest BCUT2D eigenvalue weighted by Crippen LogP contribution is 2.16. The van der Waals surface area contributed by atoms with E-state index in [0.717, 1.165) is 22.6 Å². The van der Waals surface area contributed by atoms with Crippen molar-refractivity contribution in [2.45, 2.75) is 20.3 Å². The number of amides is 1. The van der Waals surface area contributed by atoms with E-state index in [0.29, 0.717) is 0 Å². The van der Waals surface area contributed by atoms with Gasteiger partial charge in [-0.05, 0) is 25.5 Å². The summed E-state index contributed by atoms with van der Waals surface area (Å²) in [6.07, 6.45) is 2.00.